The summed E-state index contributed by atoms with van der Waals surface area (Å²) in [4.78, 5) is 2.48. The van der Waals surface area contributed by atoms with E-state index in [1.54, 1.807) is 14.2 Å². The van der Waals surface area contributed by atoms with Gasteiger partial charge in [0.25, 0.3) is 0 Å². The van der Waals surface area contributed by atoms with Crippen molar-refractivity contribution in [1.29, 1.82) is 0 Å². The summed E-state index contributed by atoms with van der Waals surface area (Å²) < 4.78 is 10.9. The van der Waals surface area contributed by atoms with Crippen LogP contribution in [0.2, 0.25) is 0 Å². The Morgan fingerprint density at radius 1 is 1.26 bits per heavy atom. The largest absolute Gasteiger partial charge is 0.493 e. The maximum Gasteiger partial charge on any atom is 0.165 e. The second-order valence-corrected chi connectivity index (χ2v) is 5.11. The van der Waals surface area contributed by atoms with Gasteiger partial charge < -0.3 is 14.8 Å². The molecule has 0 radical (unpaired) electrons. The van der Waals surface area contributed by atoms with Crippen LogP contribution in [-0.2, 0) is 6.54 Å². The zero-order valence-electron chi connectivity index (χ0n) is 12.3. The molecule has 1 aromatic carbocycles. The van der Waals surface area contributed by atoms with Gasteiger partial charge in [-0.15, -0.1) is 0 Å². The van der Waals surface area contributed by atoms with Crippen molar-refractivity contribution in [1.82, 2.24) is 10.2 Å². The SMILES string of the molecule is COc1cccc(CN2CCN[C@@H](C)[C@H]2C)c1OC. The third kappa shape index (κ3) is 3.01. The maximum absolute atomic E-state index is 5.50. The first-order chi connectivity index (χ1) is 9.17. The Morgan fingerprint density at radius 3 is 2.74 bits per heavy atom. The van der Waals surface area contributed by atoms with Crippen LogP contribution < -0.4 is 14.8 Å². The molecule has 19 heavy (non-hydrogen) atoms. The van der Waals surface area contributed by atoms with Gasteiger partial charge in [-0.05, 0) is 19.9 Å². The fraction of sp³-hybridized carbons (Fsp3) is 0.600. The number of rotatable bonds is 4. The highest BCUT2D eigenvalue weighted by molar-refractivity contribution is 5.46. The van der Waals surface area contributed by atoms with Crippen molar-refractivity contribution in [3.05, 3.63) is 23.8 Å². The summed E-state index contributed by atoms with van der Waals surface area (Å²) in [5.41, 5.74) is 1.18. The monoisotopic (exact) mass is 264 g/mol. The smallest absolute Gasteiger partial charge is 0.165 e. The van der Waals surface area contributed by atoms with E-state index in [2.05, 4.69) is 30.1 Å². The molecule has 2 atom stereocenters. The number of nitrogens with one attached hydrogen (secondary N) is 1. The average molecular weight is 264 g/mol. The van der Waals surface area contributed by atoms with Gasteiger partial charge in [-0.25, -0.2) is 0 Å². The van der Waals surface area contributed by atoms with E-state index in [1.165, 1.54) is 5.56 Å². The second-order valence-electron chi connectivity index (χ2n) is 5.11. The number of ether oxygens (including phenoxy) is 2. The number of hydrogen-bond acceptors (Lipinski definition) is 4. The van der Waals surface area contributed by atoms with E-state index in [0.717, 1.165) is 31.1 Å². The van der Waals surface area contributed by atoms with E-state index in [-0.39, 0.29) is 0 Å². The predicted molar refractivity (Wildman–Crippen MR) is 76.9 cm³/mol. The lowest BCUT2D eigenvalue weighted by atomic mass is 10.1. The van der Waals surface area contributed by atoms with Crippen LogP contribution in [0, 0.1) is 0 Å². The van der Waals surface area contributed by atoms with E-state index in [4.69, 9.17) is 9.47 Å². The number of benzene rings is 1. The van der Waals surface area contributed by atoms with Crippen LogP contribution in [0.4, 0.5) is 0 Å². The third-order valence-electron chi connectivity index (χ3n) is 4.02. The van der Waals surface area contributed by atoms with Crippen LogP contribution in [0.25, 0.3) is 0 Å². The molecular weight excluding hydrogens is 240 g/mol. The quantitative estimate of drug-likeness (QED) is 0.900. The van der Waals surface area contributed by atoms with Crippen molar-refractivity contribution in [2.75, 3.05) is 27.3 Å². The van der Waals surface area contributed by atoms with Gasteiger partial charge in [-0.2, -0.15) is 0 Å². The van der Waals surface area contributed by atoms with E-state index in [0.29, 0.717) is 12.1 Å². The van der Waals surface area contributed by atoms with Gasteiger partial charge in [-0.3, -0.25) is 4.90 Å². The summed E-state index contributed by atoms with van der Waals surface area (Å²) in [5, 5.41) is 3.50. The maximum atomic E-state index is 5.50. The Bertz CT molecular complexity index is 423. The summed E-state index contributed by atoms with van der Waals surface area (Å²) in [6.07, 6.45) is 0. The van der Waals surface area contributed by atoms with E-state index in [1.807, 2.05) is 12.1 Å². The molecule has 0 spiro atoms. The molecule has 0 saturated carbocycles. The average Bonchev–Trinajstić information content (AvgIpc) is 2.43. The minimum Gasteiger partial charge on any atom is -0.493 e. The summed E-state index contributed by atoms with van der Waals surface area (Å²) in [6, 6.07) is 7.11. The number of nitrogens with zero attached hydrogens (tertiary/aromatic N) is 1. The highest BCUT2D eigenvalue weighted by Crippen LogP contribution is 2.32. The molecule has 0 bridgehead atoms. The lowest BCUT2D eigenvalue weighted by Gasteiger charge is -2.38. The summed E-state index contributed by atoms with van der Waals surface area (Å²) >= 11 is 0. The first-order valence-corrected chi connectivity index (χ1v) is 6.84. The molecule has 4 heteroatoms. The fourth-order valence-corrected chi connectivity index (χ4v) is 2.65. The molecule has 1 aliphatic rings. The van der Waals surface area contributed by atoms with Crippen molar-refractivity contribution in [3.63, 3.8) is 0 Å². The van der Waals surface area contributed by atoms with Crippen LogP contribution >= 0.6 is 0 Å². The zero-order chi connectivity index (χ0) is 13.8. The molecule has 4 nitrogen and oxygen atoms in total. The normalized spacial score (nSPS) is 24.2. The van der Waals surface area contributed by atoms with Gasteiger partial charge in [-0.1, -0.05) is 12.1 Å². The van der Waals surface area contributed by atoms with Crippen molar-refractivity contribution in [2.24, 2.45) is 0 Å². The van der Waals surface area contributed by atoms with Gasteiger partial charge in [0.05, 0.1) is 14.2 Å². The molecule has 0 aliphatic carbocycles. The minimum atomic E-state index is 0.518. The second kappa shape index (κ2) is 6.26. The van der Waals surface area contributed by atoms with Crippen LogP contribution in [-0.4, -0.2) is 44.3 Å². The zero-order valence-corrected chi connectivity index (χ0v) is 12.3. The van der Waals surface area contributed by atoms with Crippen LogP contribution in [0.5, 0.6) is 11.5 Å². The topological polar surface area (TPSA) is 33.7 Å². The van der Waals surface area contributed by atoms with Gasteiger partial charge in [0, 0.05) is 37.3 Å². The summed E-state index contributed by atoms with van der Waals surface area (Å²) in [6.45, 7) is 7.50. The van der Waals surface area contributed by atoms with Crippen LogP contribution in [0.3, 0.4) is 0 Å². The standard InChI is InChI=1S/C15H24N2O2/c1-11-12(2)17(9-8-16-11)10-13-6-5-7-14(18-3)15(13)19-4/h5-7,11-12,16H,8-10H2,1-4H3/t11-,12+/m0/s1. The van der Waals surface area contributed by atoms with Crippen molar-refractivity contribution in [2.45, 2.75) is 32.5 Å². The van der Waals surface area contributed by atoms with E-state index >= 15 is 0 Å². The van der Waals surface area contributed by atoms with Gasteiger partial charge in [0.2, 0.25) is 0 Å². The van der Waals surface area contributed by atoms with E-state index < -0.39 is 0 Å². The molecule has 0 aromatic heterocycles. The molecule has 0 amide bonds. The number of piperazine rings is 1. The third-order valence-corrected chi connectivity index (χ3v) is 4.02. The van der Waals surface area contributed by atoms with Crippen molar-refractivity contribution >= 4 is 0 Å². The molecular formula is C15H24N2O2. The molecule has 106 valence electrons. The molecule has 1 N–H and O–H groups in total. The van der Waals surface area contributed by atoms with Crippen LogP contribution in [0.15, 0.2) is 18.2 Å². The fourth-order valence-electron chi connectivity index (χ4n) is 2.65. The number of methoxy groups -OCH3 is 2. The van der Waals surface area contributed by atoms with Gasteiger partial charge in [0.15, 0.2) is 11.5 Å². The molecule has 2 rings (SSSR count). The van der Waals surface area contributed by atoms with Gasteiger partial charge in [0.1, 0.15) is 0 Å². The highest BCUT2D eigenvalue weighted by Gasteiger charge is 2.25. The molecule has 1 fully saturated rings. The van der Waals surface area contributed by atoms with Gasteiger partial charge >= 0.3 is 0 Å². The number of hydrogen-bond donors (Lipinski definition) is 1. The Hall–Kier alpha value is -1.26. The van der Waals surface area contributed by atoms with Crippen LogP contribution in [0.1, 0.15) is 19.4 Å². The Labute approximate surface area is 115 Å². The molecule has 1 aliphatic heterocycles. The molecule has 1 saturated heterocycles. The van der Waals surface area contributed by atoms with E-state index in [9.17, 15) is 0 Å². The lowest BCUT2D eigenvalue weighted by Crippen LogP contribution is -2.54. The lowest BCUT2D eigenvalue weighted by molar-refractivity contribution is 0.129. The number of para-hydroxylation sites is 1. The first-order valence-electron chi connectivity index (χ1n) is 6.84. The first kappa shape index (κ1) is 14.2. The Kier molecular flexibility index (Phi) is 4.66. The Balaban J connectivity index is 2.18. The highest BCUT2D eigenvalue weighted by atomic mass is 16.5. The summed E-state index contributed by atoms with van der Waals surface area (Å²) in [5.74, 6) is 1.65. The molecule has 0 unspecified atom stereocenters. The predicted octanol–water partition coefficient (Wildman–Crippen LogP) is 1.89. The van der Waals surface area contributed by atoms with Crippen molar-refractivity contribution < 1.29 is 9.47 Å². The molecule has 1 heterocycles. The summed E-state index contributed by atoms with van der Waals surface area (Å²) in [7, 11) is 3.38. The van der Waals surface area contributed by atoms with Crippen molar-refractivity contribution in [3.8, 4) is 11.5 Å². The molecule has 1 aromatic rings. The minimum absolute atomic E-state index is 0.518. The Morgan fingerprint density at radius 2 is 2.05 bits per heavy atom.